The lowest BCUT2D eigenvalue weighted by molar-refractivity contribution is -0.138. The number of amides is 1. The Bertz CT molecular complexity index is 1420. The van der Waals surface area contributed by atoms with Gasteiger partial charge in [-0.3, -0.25) is 9.59 Å². The quantitative estimate of drug-likeness (QED) is 0.292. The first-order chi connectivity index (χ1) is 18.7. The van der Waals surface area contributed by atoms with E-state index in [1.807, 2.05) is 4.72 Å². The third kappa shape index (κ3) is 6.83. The maximum absolute atomic E-state index is 15.0. The van der Waals surface area contributed by atoms with Crippen LogP contribution in [0.15, 0.2) is 65.8 Å². The highest BCUT2D eigenvalue weighted by atomic mass is 32.2. The molecular weight excluding hydrogens is 534 g/mol. The highest BCUT2D eigenvalue weighted by Gasteiger charge is 2.28. The summed E-state index contributed by atoms with van der Waals surface area (Å²) in [5.41, 5.74) is -0.637. The molecule has 4 rings (SSSR count). The molecule has 0 bridgehead atoms. The topological polar surface area (TPSA) is 154 Å². The number of carbonyl (C=O) groups excluding carboxylic acids is 1. The normalized spacial score (nSPS) is 15.0. The van der Waals surface area contributed by atoms with Crippen molar-refractivity contribution in [2.45, 2.75) is 29.8 Å². The van der Waals surface area contributed by atoms with E-state index < -0.39 is 51.7 Å². The van der Waals surface area contributed by atoms with Gasteiger partial charge in [0, 0.05) is 38.1 Å². The molecule has 2 aromatic carbocycles. The van der Waals surface area contributed by atoms with Crippen LogP contribution in [-0.4, -0.2) is 67.1 Å². The molecule has 1 aromatic heterocycles. The minimum Gasteiger partial charge on any atom is -0.480 e. The summed E-state index contributed by atoms with van der Waals surface area (Å²) in [7, 11) is -4.20. The smallest absolute Gasteiger partial charge is 0.323 e. The van der Waals surface area contributed by atoms with Gasteiger partial charge in [-0.2, -0.15) is 4.72 Å². The molecule has 3 aromatic rings. The Labute approximate surface area is 223 Å². The Morgan fingerprint density at radius 3 is 2.31 bits per heavy atom. The number of carbonyl (C=O) groups is 2. The molecule has 0 spiro atoms. The maximum atomic E-state index is 15.0. The zero-order chi connectivity index (χ0) is 28.0. The number of sulfonamides is 1. The summed E-state index contributed by atoms with van der Waals surface area (Å²) in [4.78, 5) is 33.9. The zero-order valence-electron chi connectivity index (χ0n) is 20.5. The van der Waals surface area contributed by atoms with Gasteiger partial charge in [-0.1, -0.05) is 18.2 Å². The van der Waals surface area contributed by atoms with Crippen LogP contribution in [0, 0.1) is 11.6 Å². The number of piperidine rings is 1. The molecule has 0 radical (unpaired) electrons. The number of hydrogen-bond acceptors (Lipinski definition) is 8. The Hall–Kier alpha value is -4.17. The molecule has 1 amide bonds. The first kappa shape index (κ1) is 27.9. The Kier molecular flexibility index (Phi) is 8.66. The zero-order valence-corrected chi connectivity index (χ0v) is 21.4. The SMILES string of the molecule is O=C(NC[C@H](NS(=O)(=O)c1ccccc1)C(=O)O)c1ccc(N2CCC(Nc3ncccn3)CC2)c(F)c1F. The minimum absolute atomic E-state index is 0.00232. The fourth-order valence-electron chi connectivity index (χ4n) is 4.10. The highest BCUT2D eigenvalue weighted by Crippen LogP contribution is 2.27. The van der Waals surface area contributed by atoms with Crippen molar-refractivity contribution in [2.75, 3.05) is 29.9 Å². The standard InChI is InChI=1S/C25H26F2N6O5S/c26-21-18(23(34)30-15-19(24(35)36)32-39(37,38)17-5-2-1-3-6-17)7-8-20(22(21)27)33-13-9-16(10-14-33)31-25-28-11-4-12-29-25/h1-8,11-12,16,19,32H,9-10,13-15H2,(H,30,34)(H,35,36)(H,28,29,31)/t19-/m0/s1. The number of benzene rings is 2. The van der Waals surface area contributed by atoms with Crippen LogP contribution in [0.5, 0.6) is 0 Å². The number of halogens is 2. The van der Waals surface area contributed by atoms with Gasteiger partial charge in [0.05, 0.1) is 16.1 Å². The Morgan fingerprint density at radius 1 is 1.00 bits per heavy atom. The van der Waals surface area contributed by atoms with E-state index in [2.05, 4.69) is 20.6 Å². The third-order valence-corrected chi connectivity index (χ3v) is 7.64. The summed E-state index contributed by atoms with van der Waals surface area (Å²) in [5.74, 6) is -4.76. The predicted molar refractivity (Wildman–Crippen MR) is 138 cm³/mol. The minimum atomic E-state index is -4.20. The second-order valence-corrected chi connectivity index (χ2v) is 10.5. The number of nitrogens with one attached hydrogen (secondary N) is 3. The molecule has 11 nitrogen and oxygen atoms in total. The number of hydrogen-bond donors (Lipinski definition) is 4. The molecule has 0 saturated carbocycles. The average molecular weight is 561 g/mol. The lowest BCUT2D eigenvalue weighted by Crippen LogP contribution is -2.48. The molecule has 206 valence electrons. The van der Waals surface area contributed by atoms with E-state index in [-0.39, 0.29) is 16.6 Å². The molecule has 1 aliphatic rings. The van der Waals surface area contributed by atoms with Crippen molar-refractivity contribution >= 4 is 33.5 Å². The van der Waals surface area contributed by atoms with Crippen LogP contribution in [0.3, 0.4) is 0 Å². The van der Waals surface area contributed by atoms with E-state index in [9.17, 15) is 31.9 Å². The molecule has 1 aliphatic heterocycles. The number of rotatable bonds is 10. The molecule has 0 aliphatic carbocycles. The van der Waals surface area contributed by atoms with Crippen molar-refractivity contribution in [3.8, 4) is 0 Å². The van der Waals surface area contributed by atoms with Gasteiger partial charge in [-0.05, 0) is 43.2 Å². The van der Waals surface area contributed by atoms with Crippen LogP contribution in [0.4, 0.5) is 20.4 Å². The van der Waals surface area contributed by atoms with E-state index in [0.29, 0.717) is 31.9 Å². The fourth-order valence-corrected chi connectivity index (χ4v) is 5.31. The lowest BCUT2D eigenvalue weighted by Gasteiger charge is -2.34. The van der Waals surface area contributed by atoms with E-state index >= 15 is 0 Å². The Balaban J connectivity index is 1.37. The van der Waals surface area contributed by atoms with Crippen molar-refractivity contribution in [3.05, 3.63) is 78.1 Å². The molecule has 0 unspecified atom stereocenters. The molecule has 1 saturated heterocycles. The first-order valence-electron chi connectivity index (χ1n) is 12.0. The summed E-state index contributed by atoms with van der Waals surface area (Å²) in [6.07, 6.45) is 4.48. The maximum Gasteiger partial charge on any atom is 0.323 e. The number of nitrogens with zero attached hydrogens (tertiary/aromatic N) is 3. The monoisotopic (exact) mass is 560 g/mol. The van der Waals surface area contributed by atoms with E-state index in [0.717, 1.165) is 6.07 Å². The van der Waals surface area contributed by atoms with Gasteiger partial charge in [0.25, 0.3) is 5.91 Å². The van der Waals surface area contributed by atoms with E-state index in [1.165, 1.54) is 30.3 Å². The number of carboxylic acid groups (broad SMARTS) is 1. The lowest BCUT2D eigenvalue weighted by atomic mass is 10.0. The fraction of sp³-hybridized carbons (Fsp3) is 0.280. The largest absolute Gasteiger partial charge is 0.480 e. The molecule has 39 heavy (non-hydrogen) atoms. The van der Waals surface area contributed by atoms with Crippen LogP contribution in [0.25, 0.3) is 0 Å². The summed E-state index contributed by atoms with van der Waals surface area (Å²) < 4.78 is 56.7. The summed E-state index contributed by atoms with van der Waals surface area (Å²) >= 11 is 0. The molecule has 14 heteroatoms. The average Bonchev–Trinajstić information content (AvgIpc) is 2.94. The summed E-state index contributed by atoms with van der Waals surface area (Å²) in [5, 5.41) is 14.8. The van der Waals surface area contributed by atoms with Gasteiger partial charge in [0.15, 0.2) is 11.6 Å². The molecular formula is C25H26F2N6O5S. The van der Waals surface area contributed by atoms with E-state index in [4.69, 9.17) is 0 Å². The van der Waals surface area contributed by atoms with Crippen LogP contribution >= 0.6 is 0 Å². The van der Waals surface area contributed by atoms with Crippen molar-refractivity contribution in [1.82, 2.24) is 20.0 Å². The van der Waals surface area contributed by atoms with Crippen molar-refractivity contribution in [2.24, 2.45) is 0 Å². The molecule has 1 fully saturated rings. The van der Waals surface area contributed by atoms with Gasteiger partial charge in [-0.15, -0.1) is 0 Å². The molecule has 1 atom stereocenters. The van der Waals surface area contributed by atoms with E-state index in [1.54, 1.807) is 29.4 Å². The Morgan fingerprint density at radius 2 is 1.67 bits per heavy atom. The second-order valence-electron chi connectivity index (χ2n) is 8.77. The van der Waals surface area contributed by atoms with Gasteiger partial charge in [-0.25, -0.2) is 27.2 Å². The number of aromatic nitrogens is 2. The van der Waals surface area contributed by atoms with Crippen molar-refractivity contribution in [1.29, 1.82) is 0 Å². The van der Waals surface area contributed by atoms with Gasteiger partial charge >= 0.3 is 5.97 Å². The summed E-state index contributed by atoms with van der Waals surface area (Å²) in [6.45, 7) is 0.150. The highest BCUT2D eigenvalue weighted by molar-refractivity contribution is 7.89. The first-order valence-corrected chi connectivity index (χ1v) is 13.5. The van der Waals surface area contributed by atoms with Crippen LogP contribution in [-0.2, 0) is 14.8 Å². The van der Waals surface area contributed by atoms with Crippen molar-refractivity contribution in [3.63, 3.8) is 0 Å². The van der Waals surface area contributed by atoms with Crippen molar-refractivity contribution < 1.29 is 31.9 Å². The van der Waals surface area contributed by atoms with Crippen LogP contribution < -0.4 is 20.3 Å². The third-order valence-electron chi connectivity index (χ3n) is 6.16. The summed E-state index contributed by atoms with van der Waals surface area (Å²) in [6, 6.07) is 9.47. The molecule has 2 heterocycles. The second kappa shape index (κ2) is 12.1. The van der Waals surface area contributed by atoms with Gasteiger partial charge in [0.1, 0.15) is 6.04 Å². The van der Waals surface area contributed by atoms with Crippen LogP contribution in [0.2, 0.25) is 0 Å². The van der Waals surface area contributed by atoms with Gasteiger partial charge < -0.3 is 20.6 Å². The predicted octanol–water partition coefficient (Wildman–Crippen LogP) is 2.00. The number of anilines is 2. The molecule has 4 N–H and O–H groups in total. The van der Waals surface area contributed by atoms with Crippen LogP contribution in [0.1, 0.15) is 23.2 Å². The van der Waals surface area contributed by atoms with Gasteiger partial charge in [0.2, 0.25) is 16.0 Å². The number of aliphatic carboxylic acids is 1. The number of carboxylic acids is 1.